The lowest BCUT2D eigenvalue weighted by Crippen LogP contribution is -2.46. The van der Waals surface area contributed by atoms with Gasteiger partial charge < -0.3 is 11.1 Å². The summed E-state index contributed by atoms with van der Waals surface area (Å²) in [6, 6.07) is 0. The molecule has 3 N–H and O–H groups in total. The van der Waals surface area contributed by atoms with E-state index in [-0.39, 0.29) is 11.3 Å². The van der Waals surface area contributed by atoms with Gasteiger partial charge in [-0.3, -0.25) is 4.79 Å². The average Bonchev–Trinajstić information content (AvgIpc) is 2.82. The van der Waals surface area contributed by atoms with E-state index in [0.29, 0.717) is 6.54 Å². The quantitative estimate of drug-likeness (QED) is 0.592. The topological polar surface area (TPSA) is 55.1 Å². The van der Waals surface area contributed by atoms with Gasteiger partial charge in [-0.1, -0.05) is 37.3 Å². The van der Waals surface area contributed by atoms with Gasteiger partial charge in [0.25, 0.3) is 0 Å². The second-order valence-corrected chi connectivity index (χ2v) is 6.16. The Morgan fingerprint density at radius 1 is 1.21 bits per heavy atom. The van der Waals surface area contributed by atoms with Crippen molar-refractivity contribution in [3.63, 3.8) is 0 Å². The Morgan fingerprint density at radius 2 is 1.95 bits per heavy atom. The predicted molar refractivity (Wildman–Crippen MR) is 78.8 cm³/mol. The highest BCUT2D eigenvalue weighted by Crippen LogP contribution is 2.34. The zero-order chi connectivity index (χ0) is 13.6. The van der Waals surface area contributed by atoms with Crippen LogP contribution in [0.4, 0.5) is 0 Å². The summed E-state index contributed by atoms with van der Waals surface area (Å²) in [5.74, 6) is 0.204. The van der Waals surface area contributed by atoms with Gasteiger partial charge in [0, 0.05) is 13.1 Å². The third-order valence-corrected chi connectivity index (χ3v) is 4.80. The van der Waals surface area contributed by atoms with E-state index in [0.717, 1.165) is 38.6 Å². The standard InChI is InChI=1S/C16H28N2O/c17-13-16(10-5-1-2-6-11-16)15(19)18-12-9-14-7-3-4-8-14/h7H,1-6,8-13,17H2,(H,18,19). The van der Waals surface area contributed by atoms with Gasteiger partial charge in [-0.15, -0.1) is 0 Å². The Labute approximate surface area is 117 Å². The Morgan fingerprint density at radius 3 is 2.53 bits per heavy atom. The first-order valence-electron chi connectivity index (χ1n) is 7.93. The van der Waals surface area contributed by atoms with Crippen LogP contribution in [0, 0.1) is 5.41 Å². The lowest BCUT2D eigenvalue weighted by atomic mass is 9.79. The van der Waals surface area contributed by atoms with Crippen molar-refractivity contribution in [1.29, 1.82) is 0 Å². The van der Waals surface area contributed by atoms with E-state index >= 15 is 0 Å². The van der Waals surface area contributed by atoms with E-state index < -0.39 is 0 Å². The molecule has 2 aliphatic carbocycles. The van der Waals surface area contributed by atoms with Gasteiger partial charge in [0.2, 0.25) is 5.91 Å². The molecule has 0 spiro atoms. The van der Waals surface area contributed by atoms with E-state index in [4.69, 9.17) is 5.73 Å². The minimum absolute atomic E-state index is 0.204. The van der Waals surface area contributed by atoms with Crippen molar-refractivity contribution in [2.45, 2.75) is 64.2 Å². The monoisotopic (exact) mass is 264 g/mol. The Kier molecular flexibility index (Phi) is 5.44. The molecule has 0 aromatic carbocycles. The molecule has 108 valence electrons. The SMILES string of the molecule is NCC1(C(=O)NCCC2=CCCC2)CCCCCC1. The van der Waals surface area contributed by atoms with E-state index in [9.17, 15) is 4.79 Å². The van der Waals surface area contributed by atoms with Gasteiger partial charge in [-0.25, -0.2) is 0 Å². The largest absolute Gasteiger partial charge is 0.355 e. The molecule has 0 atom stereocenters. The number of amides is 1. The van der Waals surface area contributed by atoms with Gasteiger partial charge in [-0.05, 0) is 38.5 Å². The summed E-state index contributed by atoms with van der Waals surface area (Å²) < 4.78 is 0. The molecule has 3 heteroatoms. The van der Waals surface area contributed by atoms with Crippen molar-refractivity contribution in [3.05, 3.63) is 11.6 Å². The summed E-state index contributed by atoms with van der Waals surface area (Å²) in [5, 5.41) is 3.14. The molecule has 19 heavy (non-hydrogen) atoms. The third kappa shape index (κ3) is 3.82. The molecule has 0 heterocycles. The molecule has 0 unspecified atom stereocenters. The van der Waals surface area contributed by atoms with Crippen LogP contribution in [0.25, 0.3) is 0 Å². The van der Waals surface area contributed by atoms with Crippen LogP contribution < -0.4 is 11.1 Å². The van der Waals surface area contributed by atoms with Crippen LogP contribution in [0.15, 0.2) is 11.6 Å². The van der Waals surface area contributed by atoms with Gasteiger partial charge in [0.05, 0.1) is 5.41 Å². The number of allylic oxidation sites excluding steroid dienone is 1. The molecule has 0 radical (unpaired) electrons. The fourth-order valence-corrected chi connectivity index (χ4v) is 3.42. The van der Waals surface area contributed by atoms with Crippen LogP contribution in [0.3, 0.4) is 0 Å². The number of hydrogen-bond acceptors (Lipinski definition) is 2. The summed E-state index contributed by atoms with van der Waals surface area (Å²) >= 11 is 0. The van der Waals surface area contributed by atoms with Gasteiger partial charge >= 0.3 is 0 Å². The second kappa shape index (κ2) is 7.09. The number of nitrogens with two attached hydrogens (primary N) is 1. The van der Waals surface area contributed by atoms with Crippen LogP contribution in [0.2, 0.25) is 0 Å². The minimum Gasteiger partial charge on any atom is -0.355 e. The Bertz CT molecular complexity index is 328. The number of rotatable bonds is 5. The van der Waals surface area contributed by atoms with Gasteiger partial charge in [-0.2, -0.15) is 0 Å². The fraction of sp³-hybridized carbons (Fsp3) is 0.812. The fourth-order valence-electron chi connectivity index (χ4n) is 3.42. The molecular formula is C16H28N2O. The van der Waals surface area contributed by atoms with Crippen LogP contribution in [-0.4, -0.2) is 19.0 Å². The highest BCUT2D eigenvalue weighted by Gasteiger charge is 2.36. The molecule has 1 saturated carbocycles. The molecule has 2 rings (SSSR count). The number of hydrogen-bond donors (Lipinski definition) is 2. The molecule has 3 nitrogen and oxygen atoms in total. The maximum absolute atomic E-state index is 12.5. The molecule has 0 aromatic rings. The third-order valence-electron chi connectivity index (χ3n) is 4.80. The molecule has 1 fully saturated rings. The number of carbonyl (C=O) groups is 1. The first kappa shape index (κ1) is 14.6. The zero-order valence-corrected chi connectivity index (χ0v) is 12.0. The summed E-state index contributed by atoms with van der Waals surface area (Å²) in [7, 11) is 0. The molecule has 0 bridgehead atoms. The number of carbonyl (C=O) groups excluding carboxylic acids is 1. The first-order valence-corrected chi connectivity index (χ1v) is 7.93. The summed E-state index contributed by atoms with van der Waals surface area (Å²) in [6.45, 7) is 1.29. The predicted octanol–water partition coefficient (Wildman–Crippen LogP) is 2.90. The smallest absolute Gasteiger partial charge is 0.227 e. The molecule has 1 amide bonds. The Balaban J connectivity index is 1.81. The molecule has 0 saturated heterocycles. The number of nitrogens with one attached hydrogen (secondary N) is 1. The van der Waals surface area contributed by atoms with Crippen molar-refractivity contribution in [2.75, 3.05) is 13.1 Å². The Hall–Kier alpha value is -0.830. The van der Waals surface area contributed by atoms with Gasteiger partial charge in [0.15, 0.2) is 0 Å². The summed E-state index contributed by atoms with van der Waals surface area (Å²) in [4.78, 5) is 12.5. The molecule has 0 aromatic heterocycles. The molecule has 2 aliphatic rings. The summed E-state index contributed by atoms with van der Waals surface area (Å²) in [6.07, 6.45) is 13.8. The van der Waals surface area contributed by atoms with E-state index in [1.54, 1.807) is 0 Å². The van der Waals surface area contributed by atoms with Crippen LogP contribution in [-0.2, 0) is 4.79 Å². The van der Waals surface area contributed by atoms with Gasteiger partial charge in [0.1, 0.15) is 0 Å². The zero-order valence-electron chi connectivity index (χ0n) is 12.0. The van der Waals surface area contributed by atoms with Crippen molar-refractivity contribution in [1.82, 2.24) is 5.32 Å². The van der Waals surface area contributed by atoms with Crippen molar-refractivity contribution < 1.29 is 4.79 Å². The van der Waals surface area contributed by atoms with Crippen molar-refractivity contribution in [3.8, 4) is 0 Å². The molecular weight excluding hydrogens is 236 g/mol. The van der Waals surface area contributed by atoms with E-state index in [1.165, 1.54) is 37.7 Å². The van der Waals surface area contributed by atoms with Crippen molar-refractivity contribution in [2.24, 2.45) is 11.1 Å². The highest BCUT2D eigenvalue weighted by atomic mass is 16.2. The second-order valence-electron chi connectivity index (χ2n) is 6.16. The molecule has 0 aliphatic heterocycles. The van der Waals surface area contributed by atoms with Crippen molar-refractivity contribution >= 4 is 5.91 Å². The lowest BCUT2D eigenvalue weighted by Gasteiger charge is -2.29. The van der Waals surface area contributed by atoms with Crippen LogP contribution in [0.1, 0.15) is 64.2 Å². The minimum atomic E-state index is -0.277. The van der Waals surface area contributed by atoms with E-state index in [2.05, 4.69) is 11.4 Å². The maximum Gasteiger partial charge on any atom is 0.227 e. The van der Waals surface area contributed by atoms with Crippen LogP contribution in [0.5, 0.6) is 0 Å². The normalized spacial score (nSPS) is 22.7. The van der Waals surface area contributed by atoms with Crippen LogP contribution >= 0.6 is 0 Å². The lowest BCUT2D eigenvalue weighted by molar-refractivity contribution is -0.131. The first-order chi connectivity index (χ1) is 9.27. The average molecular weight is 264 g/mol. The highest BCUT2D eigenvalue weighted by molar-refractivity contribution is 5.82. The van der Waals surface area contributed by atoms with E-state index in [1.807, 2.05) is 0 Å². The summed E-state index contributed by atoms with van der Waals surface area (Å²) in [5.41, 5.74) is 7.17. The maximum atomic E-state index is 12.5.